The van der Waals surface area contributed by atoms with E-state index in [0.29, 0.717) is 32.4 Å². The van der Waals surface area contributed by atoms with Crippen LogP contribution in [0.15, 0.2) is 0 Å². The topological polar surface area (TPSA) is 60.9 Å². The molecule has 0 aromatic carbocycles. The van der Waals surface area contributed by atoms with E-state index in [1.807, 2.05) is 6.92 Å². The highest BCUT2D eigenvalue weighted by atomic mass is 19.3. The first-order valence-corrected chi connectivity index (χ1v) is 6.84. The molecule has 0 aromatic rings. The second-order valence-corrected chi connectivity index (χ2v) is 5.38. The minimum Gasteiger partial charge on any atom is -0.481 e. The Balaban J connectivity index is 2.60. The van der Waals surface area contributed by atoms with Crippen molar-refractivity contribution in [3.8, 4) is 0 Å². The average Bonchev–Trinajstić information content (AvgIpc) is 2.38. The van der Waals surface area contributed by atoms with Crippen molar-refractivity contribution in [2.45, 2.75) is 39.0 Å². The van der Waals surface area contributed by atoms with Gasteiger partial charge in [0, 0.05) is 20.1 Å². The number of hydrogen-bond acceptors (Lipinski definition) is 2. The van der Waals surface area contributed by atoms with Gasteiger partial charge < -0.3 is 14.9 Å². The summed E-state index contributed by atoms with van der Waals surface area (Å²) in [5, 5.41) is 9.36. The van der Waals surface area contributed by atoms with Gasteiger partial charge in [-0.25, -0.2) is 13.6 Å². The van der Waals surface area contributed by atoms with Crippen LogP contribution in [0.25, 0.3) is 0 Å². The third-order valence-electron chi connectivity index (χ3n) is 3.91. The van der Waals surface area contributed by atoms with Crippen molar-refractivity contribution in [1.82, 2.24) is 9.80 Å². The molecule has 0 aromatic heterocycles. The molecule has 1 aliphatic heterocycles. The Bertz CT molecular complexity index is 356. The number of likely N-dealkylation sites (tertiary alicyclic amines) is 1. The summed E-state index contributed by atoms with van der Waals surface area (Å²) in [6.45, 7) is 1.93. The first-order chi connectivity index (χ1) is 9.32. The predicted molar refractivity (Wildman–Crippen MR) is 69.8 cm³/mol. The van der Waals surface area contributed by atoms with E-state index in [9.17, 15) is 23.5 Å². The van der Waals surface area contributed by atoms with Gasteiger partial charge in [-0.2, -0.15) is 0 Å². The molecule has 0 bridgehead atoms. The molecule has 1 rings (SSSR count). The van der Waals surface area contributed by atoms with E-state index in [4.69, 9.17) is 0 Å². The minimum absolute atomic E-state index is 0.304. The lowest BCUT2D eigenvalue weighted by molar-refractivity contribution is -0.152. The number of hydrogen-bond donors (Lipinski definition) is 1. The van der Waals surface area contributed by atoms with E-state index < -0.39 is 30.4 Å². The summed E-state index contributed by atoms with van der Waals surface area (Å²) in [7, 11) is 1.33. The van der Waals surface area contributed by atoms with Gasteiger partial charge in [0.2, 0.25) is 0 Å². The van der Waals surface area contributed by atoms with Gasteiger partial charge in [-0.1, -0.05) is 13.3 Å². The molecule has 2 amide bonds. The van der Waals surface area contributed by atoms with Crippen LogP contribution >= 0.6 is 0 Å². The number of rotatable bonds is 5. The summed E-state index contributed by atoms with van der Waals surface area (Å²) in [6, 6.07) is -0.458. The van der Waals surface area contributed by atoms with Gasteiger partial charge >= 0.3 is 12.0 Å². The van der Waals surface area contributed by atoms with Gasteiger partial charge in [0.15, 0.2) is 0 Å². The summed E-state index contributed by atoms with van der Waals surface area (Å²) in [4.78, 5) is 25.8. The summed E-state index contributed by atoms with van der Waals surface area (Å²) in [5.41, 5.74) is -0.771. The van der Waals surface area contributed by atoms with Gasteiger partial charge in [0.25, 0.3) is 6.43 Å². The van der Waals surface area contributed by atoms with Crippen LogP contribution in [0.1, 0.15) is 32.6 Å². The summed E-state index contributed by atoms with van der Waals surface area (Å²) < 4.78 is 24.5. The Morgan fingerprint density at radius 1 is 1.35 bits per heavy atom. The lowest BCUT2D eigenvalue weighted by Crippen LogP contribution is -2.50. The number of carbonyl (C=O) groups excluding carboxylic acids is 1. The zero-order valence-electron chi connectivity index (χ0n) is 11.9. The molecule has 20 heavy (non-hydrogen) atoms. The molecule has 1 saturated heterocycles. The summed E-state index contributed by atoms with van der Waals surface area (Å²) in [5.74, 6) is -0.826. The van der Waals surface area contributed by atoms with Crippen LogP contribution in [0.3, 0.4) is 0 Å². The molecule has 0 atom stereocenters. The molecule has 0 unspecified atom stereocenters. The van der Waals surface area contributed by atoms with Crippen LogP contribution in [0, 0.1) is 5.41 Å². The fourth-order valence-corrected chi connectivity index (χ4v) is 2.70. The lowest BCUT2D eigenvalue weighted by atomic mass is 9.75. The SMILES string of the molecule is CCCC1(C(=O)O)CCN(C(=O)N(C)CC(F)F)CC1. The molecule has 1 fully saturated rings. The minimum atomic E-state index is -2.56. The van der Waals surface area contributed by atoms with E-state index in [-0.39, 0.29) is 0 Å². The molecule has 0 radical (unpaired) electrons. The zero-order chi connectivity index (χ0) is 15.3. The largest absolute Gasteiger partial charge is 0.481 e. The van der Waals surface area contributed by atoms with E-state index in [2.05, 4.69) is 0 Å². The fourth-order valence-electron chi connectivity index (χ4n) is 2.70. The third kappa shape index (κ3) is 3.80. The standard InChI is InChI=1S/C13H22F2N2O3/c1-3-4-13(11(18)19)5-7-17(8-6-13)12(20)16(2)9-10(14)15/h10H,3-9H2,1-2H3,(H,18,19). The van der Waals surface area contributed by atoms with Crippen molar-refractivity contribution in [3.05, 3.63) is 0 Å². The van der Waals surface area contributed by atoms with Crippen molar-refractivity contribution in [2.24, 2.45) is 5.41 Å². The number of urea groups is 1. The molecule has 1 aliphatic rings. The second kappa shape index (κ2) is 6.85. The van der Waals surface area contributed by atoms with Gasteiger partial charge in [-0.3, -0.25) is 4.79 Å². The smallest absolute Gasteiger partial charge is 0.319 e. The first-order valence-electron chi connectivity index (χ1n) is 6.84. The van der Waals surface area contributed by atoms with E-state index >= 15 is 0 Å². The maximum atomic E-state index is 12.3. The van der Waals surface area contributed by atoms with Crippen LogP contribution < -0.4 is 0 Å². The number of aliphatic carboxylic acids is 1. The molecule has 1 heterocycles. The molecular formula is C13H22F2N2O3. The third-order valence-corrected chi connectivity index (χ3v) is 3.91. The van der Waals surface area contributed by atoms with Crippen molar-refractivity contribution in [3.63, 3.8) is 0 Å². The van der Waals surface area contributed by atoms with E-state index in [0.717, 1.165) is 11.3 Å². The molecule has 0 spiro atoms. The fraction of sp³-hybridized carbons (Fsp3) is 0.846. The van der Waals surface area contributed by atoms with E-state index in [1.165, 1.54) is 11.9 Å². The van der Waals surface area contributed by atoms with Crippen LogP contribution in [0.4, 0.5) is 13.6 Å². The number of carboxylic acids is 1. The van der Waals surface area contributed by atoms with Gasteiger partial charge in [0.05, 0.1) is 12.0 Å². The molecular weight excluding hydrogens is 270 g/mol. The Morgan fingerprint density at radius 3 is 2.30 bits per heavy atom. The molecule has 7 heteroatoms. The Morgan fingerprint density at radius 2 is 1.90 bits per heavy atom. The van der Waals surface area contributed by atoms with Crippen LogP contribution in [-0.2, 0) is 4.79 Å². The maximum Gasteiger partial charge on any atom is 0.319 e. The summed E-state index contributed by atoms with van der Waals surface area (Å²) in [6.07, 6.45) is -0.454. The van der Waals surface area contributed by atoms with Gasteiger partial charge in [-0.05, 0) is 19.3 Å². The van der Waals surface area contributed by atoms with Crippen LogP contribution in [0.2, 0.25) is 0 Å². The molecule has 1 N–H and O–H groups in total. The van der Waals surface area contributed by atoms with Crippen molar-refractivity contribution >= 4 is 12.0 Å². The quantitative estimate of drug-likeness (QED) is 0.845. The van der Waals surface area contributed by atoms with Gasteiger partial charge in [-0.15, -0.1) is 0 Å². The molecule has 0 aliphatic carbocycles. The average molecular weight is 292 g/mol. The molecule has 5 nitrogen and oxygen atoms in total. The van der Waals surface area contributed by atoms with Gasteiger partial charge in [0.1, 0.15) is 0 Å². The highest BCUT2D eigenvalue weighted by Crippen LogP contribution is 2.36. The van der Waals surface area contributed by atoms with Crippen molar-refractivity contribution in [2.75, 3.05) is 26.7 Å². The number of carboxylic acid groups (broad SMARTS) is 1. The Labute approximate surface area is 117 Å². The number of alkyl halides is 2. The number of nitrogens with zero attached hydrogens (tertiary/aromatic N) is 2. The van der Waals surface area contributed by atoms with Crippen molar-refractivity contribution < 1.29 is 23.5 Å². The van der Waals surface area contributed by atoms with Crippen LogP contribution in [0.5, 0.6) is 0 Å². The monoisotopic (exact) mass is 292 g/mol. The highest BCUT2D eigenvalue weighted by molar-refractivity contribution is 5.77. The van der Waals surface area contributed by atoms with Crippen LogP contribution in [-0.4, -0.2) is 60.0 Å². The normalized spacial score (nSPS) is 18.1. The molecule has 116 valence electrons. The Kier molecular flexibility index (Phi) is 5.71. The van der Waals surface area contributed by atoms with E-state index in [1.54, 1.807) is 0 Å². The number of carbonyl (C=O) groups is 2. The highest BCUT2D eigenvalue weighted by Gasteiger charge is 2.41. The first kappa shape index (κ1) is 16.7. The maximum absolute atomic E-state index is 12.3. The number of halogens is 2. The van der Waals surface area contributed by atoms with Crippen molar-refractivity contribution in [1.29, 1.82) is 0 Å². The number of amides is 2. The Hall–Kier alpha value is -1.40. The number of piperidine rings is 1. The zero-order valence-corrected chi connectivity index (χ0v) is 11.9. The predicted octanol–water partition coefficient (Wildman–Crippen LogP) is 2.27. The second-order valence-electron chi connectivity index (χ2n) is 5.38. The lowest BCUT2D eigenvalue weighted by Gasteiger charge is -2.40. The summed E-state index contributed by atoms with van der Waals surface area (Å²) >= 11 is 0. The molecule has 0 saturated carbocycles.